The Bertz CT molecular complexity index is 587. The molecule has 1 aliphatic rings. The van der Waals surface area contributed by atoms with Crippen LogP contribution < -0.4 is 5.73 Å². The zero-order valence-corrected chi connectivity index (χ0v) is 9.87. The second-order valence-corrected chi connectivity index (χ2v) is 5.10. The predicted molar refractivity (Wildman–Crippen MR) is 66.7 cm³/mol. The van der Waals surface area contributed by atoms with E-state index in [2.05, 4.69) is 4.98 Å². The highest BCUT2D eigenvalue weighted by atomic mass is 19.3. The van der Waals surface area contributed by atoms with Crippen molar-refractivity contribution in [2.45, 2.75) is 24.2 Å². The Morgan fingerprint density at radius 3 is 2.67 bits per heavy atom. The largest absolute Gasteiger partial charge is 0.330 e. The van der Waals surface area contributed by atoms with E-state index in [4.69, 9.17) is 5.73 Å². The maximum Gasteiger partial charge on any atom is 0.250 e. The second-order valence-electron chi connectivity index (χ2n) is 5.10. The van der Waals surface area contributed by atoms with Crippen LogP contribution in [0.4, 0.5) is 8.78 Å². The third kappa shape index (κ3) is 1.68. The molecule has 0 atom stereocenters. The van der Waals surface area contributed by atoms with Gasteiger partial charge in [-0.05, 0) is 23.8 Å². The number of benzene rings is 1. The molecule has 0 amide bonds. The molecule has 18 heavy (non-hydrogen) atoms. The Kier molecular flexibility index (Phi) is 2.38. The van der Waals surface area contributed by atoms with E-state index in [0.29, 0.717) is 0 Å². The number of rotatable bonds is 2. The van der Waals surface area contributed by atoms with Gasteiger partial charge < -0.3 is 5.73 Å². The Hall–Kier alpha value is -1.55. The lowest BCUT2D eigenvalue weighted by atomic mass is 9.62. The van der Waals surface area contributed by atoms with E-state index < -0.39 is 11.3 Å². The highest BCUT2D eigenvalue weighted by Crippen LogP contribution is 2.53. The standard InChI is InChI=1S/C14H14F2N2/c15-14(16)7-13(8-14,9-17)11-3-4-12-10(6-11)2-1-5-18-12/h1-6H,7-9,17H2. The molecule has 2 nitrogen and oxygen atoms in total. The van der Waals surface area contributed by atoms with Gasteiger partial charge in [-0.3, -0.25) is 4.98 Å². The molecular formula is C14H14F2N2. The summed E-state index contributed by atoms with van der Waals surface area (Å²) >= 11 is 0. The molecule has 2 aromatic rings. The van der Waals surface area contributed by atoms with Crippen LogP contribution in [-0.4, -0.2) is 17.5 Å². The first-order valence-corrected chi connectivity index (χ1v) is 5.98. The highest BCUT2D eigenvalue weighted by Gasteiger charge is 2.56. The number of pyridine rings is 1. The molecule has 1 heterocycles. The van der Waals surface area contributed by atoms with Crippen molar-refractivity contribution < 1.29 is 8.78 Å². The van der Waals surface area contributed by atoms with Crippen molar-refractivity contribution >= 4 is 10.9 Å². The van der Waals surface area contributed by atoms with Gasteiger partial charge in [0, 0.05) is 36.4 Å². The molecule has 1 saturated carbocycles. The third-order valence-electron chi connectivity index (χ3n) is 3.80. The fourth-order valence-electron chi connectivity index (χ4n) is 2.81. The lowest BCUT2D eigenvalue weighted by Crippen LogP contribution is -2.53. The summed E-state index contributed by atoms with van der Waals surface area (Å²) in [5.74, 6) is -2.57. The number of fused-ring (bicyclic) bond motifs is 1. The van der Waals surface area contributed by atoms with Crippen molar-refractivity contribution in [1.82, 2.24) is 4.98 Å². The van der Waals surface area contributed by atoms with Crippen LogP contribution in [-0.2, 0) is 5.41 Å². The Balaban J connectivity index is 2.04. The summed E-state index contributed by atoms with van der Waals surface area (Å²) in [7, 11) is 0. The van der Waals surface area contributed by atoms with Gasteiger partial charge in [0.05, 0.1) is 5.52 Å². The van der Waals surface area contributed by atoms with Gasteiger partial charge >= 0.3 is 0 Å². The first kappa shape index (κ1) is 11.5. The van der Waals surface area contributed by atoms with E-state index in [1.165, 1.54) is 0 Å². The van der Waals surface area contributed by atoms with Gasteiger partial charge in [-0.25, -0.2) is 8.78 Å². The first-order valence-electron chi connectivity index (χ1n) is 5.98. The van der Waals surface area contributed by atoms with Crippen LogP contribution in [0.3, 0.4) is 0 Å². The summed E-state index contributed by atoms with van der Waals surface area (Å²) in [5, 5.41) is 0.970. The maximum absolute atomic E-state index is 13.2. The van der Waals surface area contributed by atoms with Crippen LogP contribution in [0, 0.1) is 0 Å². The summed E-state index contributed by atoms with van der Waals surface area (Å²) < 4.78 is 26.3. The summed E-state index contributed by atoms with van der Waals surface area (Å²) in [6, 6.07) is 9.46. The first-order chi connectivity index (χ1) is 8.55. The molecule has 0 aliphatic heterocycles. The molecule has 0 radical (unpaired) electrons. The van der Waals surface area contributed by atoms with Crippen LogP contribution in [0.1, 0.15) is 18.4 Å². The van der Waals surface area contributed by atoms with E-state index in [9.17, 15) is 8.78 Å². The number of hydrogen-bond donors (Lipinski definition) is 1. The third-order valence-corrected chi connectivity index (χ3v) is 3.80. The highest BCUT2D eigenvalue weighted by molar-refractivity contribution is 5.79. The van der Waals surface area contributed by atoms with Gasteiger partial charge in [-0.15, -0.1) is 0 Å². The average Bonchev–Trinajstić information content (AvgIpc) is 2.34. The molecule has 0 spiro atoms. The van der Waals surface area contributed by atoms with Crippen LogP contribution in [0.2, 0.25) is 0 Å². The van der Waals surface area contributed by atoms with Crippen LogP contribution in [0.15, 0.2) is 36.5 Å². The normalized spacial score (nSPS) is 20.6. The summed E-state index contributed by atoms with van der Waals surface area (Å²) in [6.07, 6.45) is 1.42. The van der Waals surface area contributed by atoms with Gasteiger partial charge in [-0.1, -0.05) is 12.1 Å². The lowest BCUT2D eigenvalue weighted by Gasteiger charge is -2.47. The fourth-order valence-corrected chi connectivity index (χ4v) is 2.81. The molecule has 3 rings (SSSR count). The molecular weight excluding hydrogens is 234 g/mol. The molecule has 0 bridgehead atoms. The maximum atomic E-state index is 13.2. The summed E-state index contributed by atoms with van der Waals surface area (Å²) in [5.41, 5.74) is 6.93. The number of nitrogens with zero attached hydrogens (tertiary/aromatic N) is 1. The second kappa shape index (κ2) is 3.72. The van der Waals surface area contributed by atoms with E-state index >= 15 is 0 Å². The van der Waals surface area contributed by atoms with Crippen molar-refractivity contribution in [3.63, 3.8) is 0 Å². The molecule has 0 saturated heterocycles. The van der Waals surface area contributed by atoms with Crippen molar-refractivity contribution in [2.75, 3.05) is 6.54 Å². The minimum atomic E-state index is -2.57. The molecule has 0 unspecified atom stereocenters. The average molecular weight is 248 g/mol. The molecule has 1 aromatic heterocycles. The van der Waals surface area contributed by atoms with Crippen LogP contribution in [0.25, 0.3) is 10.9 Å². The van der Waals surface area contributed by atoms with Crippen molar-refractivity contribution in [3.8, 4) is 0 Å². The number of halogens is 2. The van der Waals surface area contributed by atoms with Crippen molar-refractivity contribution in [1.29, 1.82) is 0 Å². The number of nitrogens with two attached hydrogens (primary N) is 1. The molecule has 94 valence electrons. The quantitative estimate of drug-likeness (QED) is 0.887. The number of hydrogen-bond acceptors (Lipinski definition) is 2. The summed E-state index contributed by atoms with van der Waals surface area (Å²) in [6.45, 7) is 0.258. The Morgan fingerprint density at radius 2 is 2.00 bits per heavy atom. The Morgan fingerprint density at radius 1 is 1.22 bits per heavy atom. The lowest BCUT2D eigenvalue weighted by molar-refractivity contribution is -0.123. The molecule has 1 fully saturated rings. The Labute approximate surface area is 104 Å². The number of aromatic nitrogens is 1. The van der Waals surface area contributed by atoms with E-state index in [1.807, 2.05) is 30.3 Å². The number of alkyl halides is 2. The summed E-state index contributed by atoms with van der Waals surface area (Å²) in [4.78, 5) is 4.22. The minimum Gasteiger partial charge on any atom is -0.330 e. The van der Waals surface area contributed by atoms with Gasteiger partial charge in [0.25, 0.3) is 0 Å². The molecule has 4 heteroatoms. The van der Waals surface area contributed by atoms with Gasteiger partial charge in [-0.2, -0.15) is 0 Å². The topological polar surface area (TPSA) is 38.9 Å². The van der Waals surface area contributed by atoms with E-state index in [-0.39, 0.29) is 19.4 Å². The SMILES string of the molecule is NCC1(c2ccc3ncccc3c2)CC(F)(F)C1. The minimum absolute atomic E-state index is 0.151. The van der Waals surface area contributed by atoms with Crippen LogP contribution >= 0.6 is 0 Å². The van der Waals surface area contributed by atoms with Gasteiger partial charge in [0.15, 0.2) is 0 Å². The van der Waals surface area contributed by atoms with Crippen molar-refractivity contribution in [3.05, 3.63) is 42.1 Å². The van der Waals surface area contributed by atoms with Crippen molar-refractivity contribution in [2.24, 2.45) is 5.73 Å². The molecule has 1 aliphatic carbocycles. The zero-order chi connectivity index (χ0) is 12.8. The van der Waals surface area contributed by atoms with Gasteiger partial charge in [0.2, 0.25) is 5.92 Å². The monoisotopic (exact) mass is 248 g/mol. The fraction of sp³-hybridized carbons (Fsp3) is 0.357. The smallest absolute Gasteiger partial charge is 0.250 e. The zero-order valence-electron chi connectivity index (χ0n) is 9.87. The van der Waals surface area contributed by atoms with Gasteiger partial charge in [0.1, 0.15) is 0 Å². The van der Waals surface area contributed by atoms with Crippen LogP contribution in [0.5, 0.6) is 0 Å². The van der Waals surface area contributed by atoms with E-state index in [0.717, 1.165) is 16.5 Å². The van der Waals surface area contributed by atoms with E-state index in [1.54, 1.807) is 6.20 Å². The predicted octanol–water partition coefficient (Wildman–Crippen LogP) is 2.86. The molecule has 1 aromatic carbocycles. The molecule has 2 N–H and O–H groups in total.